The van der Waals surface area contributed by atoms with Crippen molar-refractivity contribution in [3.8, 4) is 11.5 Å². The molecule has 0 saturated heterocycles. The lowest BCUT2D eigenvalue weighted by molar-refractivity contribution is -0.137. The van der Waals surface area contributed by atoms with Crippen LogP contribution in [0, 0.1) is 0 Å². The van der Waals surface area contributed by atoms with Crippen LogP contribution in [0.4, 0.5) is 0 Å². The number of ketones is 1. The molecule has 0 aliphatic carbocycles. The van der Waals surface area contributed by atoms with Crippen LogP contribution in [-0.4, -0.2) is 31.6 Å². The fourth-order valence-electron chi connectivity index (χ4n) is 1.56. The summed E-state index contributed by atoms with van der Waals surface area (Å²) in [5.41, 5.74) is 0.108. The second kappa shape index (κ2) is 7.28. The maximum absolute atomic E-state index is 12.2. The van der Waals surface area contributed by atoms with E-state index in [2.05, 4.69) is 15.9 Å². The van der Waals surface area contributed by atoms with Gasteiger partial charge in [-0.05, 0) is 48.8 Å². The average Bonchev–Trinajstić information content (AvgIpc) is 2.38. The first-order chi connectivity index (χ1) is 9.42. The highest BCUT2D eigenvalue weighted by molar-refractivity contribution is 9.10. The molecule has 0 bridgehead atoms. The van der Waals surface area contributed by atoms with Crippen molar-refractivity contribution in [3.05, 3.63) is 22.2 Å². The Bertz CT molecular complexity index is 511. The van der Waals surface area contributed by atoms with Crippen LogP contribution in [-0.2, 0) is 9.53 Å². The van der Waals surface area contributed by atoms with Gasteiger partial charge in [0, 0.05) is 4.47 Å². The van der Waals surface area contributed by atoms with E-state index >= 15 is 0 Å². The largest absolute Gasteiger partial charge is 0.493 e. The molecule has 0 radical (unpaired) electrons. The molecule has 0 atom stereocenters. The quantitative estimate of drug-likeness (QED) is 0.451. The van der Waals surface area contributed by atoms with E-state index in [-0.39, 0.29) is 24.0 Å². The molecule has 0 fully saturated rings. The topological polar surface area (TPSA) is 61.8 Å². The lowest BCUT2D eigenvalue weighted by atomic mass is 10.1. The molecular weight excluding hydrogens is 328 g/mol. The van der Waals surface area contributed by atoms with Crippen LogP contribution in [0.3, 0.4) is 0 Å². The van der Waals surface area contributed by atoms with E-state index in [0.717, 1.165) is 0 Å². The predicted molar refractivity (Wildman–Crippen MR) is 77.4 cm³/mol. The minimum absolute atomic E-state index is 0.108. The molecule has 0 aromatic heterocycles. The predicted octanol–water partition coefficient (Wildman–Crippen LogP) is 2.99. The van der Waals surface area contributed by atoms with Gasteiger partial charge in [0.05, 0.1) is 25.4 Å². The Labute approximate surface area is 126 Å². The number of carbonyl (C=O) groups is 2. The molecule has 1 aromatic rings. The van der Waals surface area contributed by atoms with Gasteiger partial charge in [-0.1, -0.05) is 0 Å². The minimum Gasteiger partial charge on any atom is -0.493 e. The van der Waals surface area contributed by atoms with Gasteiger partial charge in [0.25, 0.3) is 5.78 Å². The summed E-state index contributed by atoms with van der Waals surface area (Å²) >= 11 is 3.26. The fraction of sp³-hybridized carbons (Fsp3) is 0.429. The van der Waals surface area contributed by atoms with Gasteiger partial charge < -0.3 is 14.2 Å². The SMILES string of the molecule is CCOC(=O)C(=O)c1c(Br)ccc(OC)c1OC(C)C. The first-order valence-corrected chi connectivity index (χ1v) is 6.96. The van der Waals surface area contributed by atoms with E-state index in [9.17, 15) is 9.59 Å². The van der Waals surface area contributed by atoms with E-state index in [4.69, 9.17) is 14.2 Å². The molecule has 0 unspecified atom stereocenters. The Hall–Kier alpha value is -1.56. The van der Waals surface area contributed by atoms with Crippen LogP contribution < -0.4 is 9.47 Å². The second-order valence-corrected chi connectivity index (χ2v) is 5.02. The second-order valence-electron chi connectivity index (χ2n) is 4.17. The van der Waals surface area contributed by atoms with E-state index in [1.165, 1.54) is 7.11 Å². The van der Waals surface area contributed by atoms with Gasteiger partial charge in [0.15, 0.2) is 11.5 Å². The summed E-state index contributed by atoms with van der Waals surface area (Å²) in [6, 6.07) is 3.28. The lowest BCUT2D eigenvalue weighted by Crippen LogP contribution is -2.20. The van der Waals surface area contributed by atoms with Crippen LogP contribution >= 0.6 is 15.9 Å². The molecule has 0 N–H and O–H groups in total. The smallest absolute Gasteiger partial charge is 0.379 e. The first-order valence-electron chi connectivity index (χ1n) is 6.16. The summed E-state index contributed by atoms with van der Waals surface area (Å²) in [5, 5.41) is 0. The number of carbonyl (C=O) groups excluding carboxylic acids is 2. The molecule has 0 spiro atoms. The molecular formula is C14H17BrO5. The molecule has 0 saturated carbocycles. The molecule has 0 amide bonds. The number of hydrogen-bond donors (Lipinski definition) is 0. The average molecular weight is 345 g/mol. The summed E-state index contributed by atoms with van der Waals surface area (Å²) < 4.78 is 16.0. The van der Waals surface area contributed by atoms with E-state index < -0.39 is 11.8 Å². The molecule has 20 heavy (non-hydrogen) atoms. The number of rotatable bonds is 6. The van der Waals surface area contributed by atoms with E-state index in [0.29, 0.717) is 10.2 Å². The zero-order valence-electron chi connectivity index (χ0n) is 11.9. The van der Waals surface area contributed by atoms with Crippen molar-refractivity contribution in [2.45, 2.75) is 26.9 Å². The van der Waals surface area contributed by atoms with Crippen molar-refractivity contribution in [2.24, 2.45) is 0 Å². The number of ether oxygens (including phenoxy) is 3. The fourth-order valence-corrected chi connectivity index (χ4v) is 2.06. The highest BCUT2D eigenvalue weighted by atomic mass is 79.9. The molecule has 110 valence electrons. The van der Waals surface area contributed by atoms with Crippen molar-refractivity contribution in [2.75, 3.05) is 13.7 Å². The van der Waals surface area contributed by atoms with E-state index in [1.807, 2.05) is 13.8 Å². The number of methoxy groups -OCH3 is 1. The molecule has 5 nitrogen and oxygen atoms in total. The van der Waals surface area contributed by atoms with Crippen LogP contribution in [0.15, 0.2) is 16.6 Å². The Kier molecular flexibility index (Phi) is 6.01. The molecule has 6 heteroatoms. The zero-order chi connectivity index (χ0) is 15.3. The minimum atomic E-state index is -0.921. The van der Waals surface area contributed by atoms with Gasteiger partial charge in [0.2, 0.25) is 0 Å². The summed E-state index contributed by atoms with van der Waals surface area (Å²) in [7, 11) is 1.47. The number of benzene rings is 1. The van der Waals surface area contributed by atoms with Gasteiger partial charge in [-0.2, -0.15) is 0 Å². The summed E-state index contributed by atoms with van der Waals surface area (Å²) in [5.74, 6) is -1.08. The van der Waals surface area contributed by atoms with Gasteiger partial charge in [-0.25, -0.2) is 4.79 Å². The third-order valence-electron chi connectivity index (χ3n) is 2.33. The van der Waals surface area contributed by atoms with Gasteiger partial charge >= 0.3 is 5.97 Å². The third kappa shape index (κ3) is 3.72. The van der Waals surface area contributed by atoms with Crippen molar-refractivity contribution in [1.29, 1.82) is 0 Å². The van der Waals surface area contributed by atoms with E-state index in [1.54, 1.807) is 19.1 Å². The third-order valence-corrected chi connectivity index (χ3v) is 2.99. The summed E-state index contributed by atoms with van der Waals surface area (Å²) in [6.07, 6.45) is -0.174. The molecule has 0 aliphatic rings. The number of hydrogen-bond acceptors (Lipinski definition) is 5. The van der Waals surface area contributed by atoms with Crippen molar-refractivity contribution in [3.63, 3.8) is 0 Å². The van der Waals surface area contributed by atoms with Crippen molar-refractivity contribution in [1.82, 2.24) is 0 Å². The maximum Gasteiger partial charge on any atom is 0.379 e. The Morgan fingerprint density at radius 1 is 1.30 bits per heavy atom. The van der Waals surface area contributed by atoms with Gasteiger partial charge in [-0.3, -0.25) is 4.79 Å². The zero-order valence-corrected chi connectivity index (χ0v) is 13.4. The molecule has 1 aromatic carbocycles. The highest BCUT2D eigenvalue weighted by Crippen LogP contribution is 2.37. The number of halogens is 1. The van der Waals surface area contributed by atoms with Crippen LogP contribution in [0.1, 0.15) is 31.1 Å². The Morgan fingerprint density at radius 2 is 1.95 bits per heavy atom. The standard InChI is InChI=1S/C14H17BrO5/c1-5-19-14(17)12(16)11-9(15)6-7-10(18-4)13(11)20-8(2)3/h6-8H,5H2,1-4H3. The van der Waals surface area contributed by atoms with Gasteiger partial charge in [-0.15, -0.1) is 0 Å². The van der Waals surface area contributed by atoms with Gasteiger partial charge in [0.1, 0.15) is 0 Å². The van der Waals surface area contributed by atoms with Crippen LogP contribution in [0.2, 0.25) is 0 Å². The Morgan fingerprint density at radius 3 is 2.45 bits per heavy atom. The van der Waals surface area contributed by atoms with Crippen LogP contribution in [0.5, 0.6) is 11.5 Å². The lowest BCUT2D eigenvalue weighted by Gasteiger charge is -2.17. The molecule has 0 aliphatic heterocycles. The summed E-state index contributed by atoms with van der Waals surface area (Å²) in [6.45, 7) is 5.40. The Balaban J connectivity index is 3.34. The van der Waals surface area contributed by atoms with Crippen molar-refractivity contribution < 1.29 is 23.8 Å². The molecule has 1 rings (SSSR count). The number of Topliss-reactive ketones (excluding diaryl/α,β-unsaturated/α-hetero) is 1. The highest BCUT2D eigenvalue weighted by Gasteiger charge is 2.27. The monoisotopic (exact) mass is 344 g/mol. The first kappa shape index (κ1) is 16.5. The molecule has 0 heterocycles. The summed E-state index contributed by atoms with van der Waals surface area (Å²) in [4.78, 5) is 23.8. The normalized spacial score (nSPS) is 10.3. The maximum atomic E-state index is 12.2. The van der Waals surface area contributed by atoms with Crippen LogP contribution in [0.25, 0.3) is 0 Å². The number of esters is 1. The van der Waals surface area contributed by atoms with Crippen molar-refractivity contribution >= 4 is 27.7 Å².